The van der Waals surface area contributed by atoms with E-state index in [0.717, 1.165) is 22.2 Å². The Kier molecular flexibility index (Phi) is 4.19. The maximum atomic E-state index is 12.8. The molecule has 128 valence electrons. The number of nitrogens with zero attached hydrogens (tertiary/aromatic N) is 3. The molecule has 0 aliphatic carbocycles. The Balaban J connectivity index is 1.77. The van der Waals surface area contributed by atoms with Crippen molar-refractivity contribution in [3.63, 3.8) is 0 Å². The van der Waals surface area contributed by atoms with E-state index in [1.54, 1.807) is 16.8 Å². The summed E-state index contributed by atoms with van der Waals surface area (Å²) in [5, 5.41) is 11.6. The van der Waals surface area contributed by atoms with Gasteiger partial charge in [0.25, 0.3) is 5.91 Å². The summed E-state index contributed by atoms with van der Waals surface area (Å²) in [4.78, 5) is 12.8. The molecule has 0 saturated carbocycles. The van der Waals surface area contributed by atoms with Crippen LogP contribution in [0.5, 0.6) is 0 Å². The lowest BCUT2D eigenvalue weighted by molar-refractivity contribution is 0.0927. The van der Waals surface area contributed by atoms with Gasteiger partial charge in [0, 0.05) is 5.56 Å². The van der Waals surface area contributed by atoms with Crippen molar-refractivity contribution in [2.75, 3.05) is 0 Å². The molecule has 5 nitrogen and oxygen atoms in total. The van der Waals surface area contributed by atoms with Gasteiger partial charge in [0.15, 0.2) is 6.17 Å². The second-order valence-electron chi connectivity index (χ2n) is 6.18. The van der Waals surface area contributed by atoms with Crippen molar-refractivity contribution in [2.45, 2.75) is 13.1 Å². The topological polar surface area (TPSA) is 59.8 Å². The van der Waals surface area contributed by atoms with Crippen LogP contribution in [0.1, 0.15) is 27.7 Å². The fourth-order valence-electron chi connectivity index (χ4n) is 2.91. The van der Waals surface area contributed by atoms with Gasteiger partial charge in [0.2, 0.25) is 0 Å². The Morgan fingerprint density at radius 1 is 0.923 bits per heavy atom. The summed E-state index contributed by atoms with van der Waals surface area (Å²) in [7, 11) is 0. The van der Waals surface area contributed by atoms with Crippen LogP contribution in [0.15, 0.2) is 78.9 Å². The first kappa shape index (κ1) is 16.0. The Morgan fingerprint density at radius 2 is 1.62 bits per heavy atom. The standard InChI is InChI=1S/C21H18N4O/c1-15-11-13-16(14-12-15)20(22-21(26)17-7-3-2-4-8-17)25-19-10-6-5-9-18(19)23-24-25/h2-14,20H,1H3,(H,22,26). The number of benzene rings is 3. The molecule has 0 saturated heterocycles. The molecule has 26 heavy (non-hydrogen) atoms. The molecule has 1 amide bonds. The number of rotatable bonds is 4. The van der Waals surface area contributed by atoms with E-state index in [1.165, 1.54) is 0 Å². The van der Waals surface area contributed by atoms with E-state index in [0.29, 0.717) is 5.56 Å². The minimum Gasteiger partial charge on any atom is -0.326 e. The largest absolute Gasteiger partial charge is 0.326 e. The quantitative estimate of drug-likeness (QED) is 0.615. The number of amides is 1. The summed E-state index contributed by atoms with van der Waals surface area (Å²) in [6.07, 6.45) is -0.448. The molecule has 0 aliphatic rings. The monoisotopic (exact) mass is 342 g/mol. The van der Waals surface area contributed by atoms with Gasteiger partial charge < -0.3 is 5.32 Å². The van der Waals surface area contributed by atoms with Gasteiger partial charge in [-0.25, -0.2) is 4.68 Å². The molecule has 1 heterocycles. The van der Waals surface area contributed by atoms with Gasteiger partial charge in [-0.05, 0) is 36.8 Å². The fourth-order valence-corrected chi connectivity index (χ4v) is 2.91. The van der Waals surface area contributed by atoms with Crippen LogP contribution < -0.4 is 5.32 Å². The van der Waals surface area contributed by atoms with Crippen LogP contribution in [-0.4, -0.2) is 20.9 Å². The number of aryl methyl sites for hydroxylation is 1. The Hall–Kier alpha value is -3.47. The molecular formula is C21H18N4O. The molecule has 1 N–H and O–H groups in total. The number of nitrogens with one attached hydrogen (secondary N) is 1. The average Bonchev–Trinajstić information content (AvgIpc) is 3.11. The third-order valence-corrected chi connectivity index (χ3v) is 4.32. The van der Waals surface area contributed by atoms with Crippen LogP contribution in [0.3, 0.4) is 0 Å². The Morgan fingerprint density at radius 3 is 2.38 bits per heavy atom. The van der Waals surface area contributed by atoms with Gasteiger partial charge in [-0.15, -0.1) is 5.10 Å². The van der Waals surface area contributed by atoms with Crippen molar-refractivity contribution in [2.24, 2.45) is 0 Å². The van der Waals surface area contributed by atoms with E-state index in [9.17, 15) is 4.79 Å². The lowest BCUT2D eigenvalue weighted by Gasteiger charge is -2.20. The van der Waals surface area contributed by atoms with Gasteiger partial charge in [-0.2, -0.15) is 0 Å². The molecule has 0 aliphatic heterocycles. The van der Waals surface area contributed by atoms with Gasteiger partial charge in [-0.3, -0.25) is 4.79 Å². The third-order valence-electron chi connectivity index (χ3n) is 4.32. The summed E-state index contributed by atoms with van der Waals surface area (Å²) in [6.45, 7) is 2.03. The Bertz CT molecular complexity index is 1040. The van der Waals surface area contributed by atoms with Crippen LogP contribution in [0.2, 0.25) is 0 Å². The number of hydrogen-bond acceptors (Lipinski definition) is 3. The molecular weight excluding hydrogens is 324 g/mol. The molecule has 0 bridgehead atoms. The van der Waals surface area contributed by atoms with Crippen molar-refractivity contribution in [1.82, 2.24) is 20.3 Å². The van der Waals surface area contributed by atoms with Gasteiger partial charge in [0.1, 0.15) is 5.52 Å². The highest BCUT2D eigenvalue weighted by Crippen LogP contribution is 2.21. The average molecular weight is 342 g/mol. The number of aromatic nitrogens is 3. The molecule has 4 rings (SSSR count). The molecule has 3 aromatic carbocycles. The van der Waals surface area contributed by atoms with E-state index in [4.69, 9.17) is 0 Å². The number of hydrogen-bond donors (Lipinski definition) is 1. The van der Waals surface area contributed by atoms with Gasteiger partial charge >= 0.3 is 0 Å². The van der Waals surface area contributed by atoms with Gasteiger partial charge in [-0.1, -0.05) is 65.4 Å². The minimum absolute atomic E-state index is 0.157. The van der Waals surface area contributed by atoms with Crippen molar-refractivity contribution in [3.05, 3.63) is 95.6 Å². The van der Waals surface area contributed by atoms with Crippen LogP contribution in [0, 0.1) is 6.92 Å². The first-order chi connectivity index (χ1) is 12.7. The third kappa shape index (κ3) is 3.07. The number of carbonyl (C=O) groups excluding carboxylic acids is 1. The van der Waals surface area contributed by atoms with Crippen LogP contribution in [0.25, 0.3) is 11.0 Å². The van der Waals surface area contributed by atoms with Crippen molar-refractivity contribution in [1.29, 1.82) is 0 Å². The highest BCUT2D eigenvalue weighted by molar-refractivity contribution is 5.94. The van der Waals surface area contributed by atoms with E-state index >= 15 is 0 Å². The van der Waals surface area contributed by atoms with E-state index in [1.807, 2.05) is 73.7 Å². The molecule has 1 unspecified atom stereocenters. The predicted molar refractivity (Wildman–Crippen MR) is 101 cm³/mol. The predicted octanol–water partition coefficient (Wildman–Crippen LogP) is 3.72. The molecule has 4 aromatic rings. The number of para-hydroxylation sites is 1. The SMILES string of the molecule is Cc1ccc(C(NC(=O)c2ccccc2)n2nnc3ccccc32)cc1. The first-order valence-corrected chi connectivity index (χ1v) is 8.45. The van der Waals surface area contributed by atoms with Gasteiger partial charge in [0.05, 0.1) is 5.52 Å². The minimum atomic E-state index is -0.448. The molecule has 0 radical (unpaired) electrons. The highest BCUT2D eigenvalue weighted by atomic mass is 16.1. The first-order valence-electron chi connectivity index (χ1n) is 8.45. The summed E-state index contributed by atoms with van der Waals surface area (Å²) in [5.74, 6) is -0.157. The van der Waals surface area contributed by atoms with E-state index < -0.39 is 6.17 Å². The van der Waals surface area contributed by atoms with E-state index in [2.05, 4.69) is 15.6 Å². The van der Waals surface area contributed by atoms with Crippen molar-refractivity contribution >= 4 is 16.9 Å². The molecule has 5 heteroatoms. The van der Waals surface area contributed by atoms with Crippen molar-refractivity contribution < 1.29 is 4.79 Å². The number of carbonyl (C=O) groups is 1. The molecule has 1 atom stereocenters. The second kappa shape index (κ2) is 6.80. The lowest BCUT2D eigenvalue weighted by Crippen LogP contribution is -2.33. The zero-order valence-corrected chi connectivity index (χ0v) is 14.3. The van der Waals surface area contributed by atoms with Crippen molar-refractivity contribution in [3.8, 4) is 0 Å². The maximum absolute atomic E-state index is 12.8. The normalized spacial score (nSPS) is 12.0. The van der Waals surface area contributed by atoms with Crippen LogP contribution in [-0.2, 0) is 0 Å². The second-order valence-corrected chi connectivity index (χ2v) is 6.18. The van der Waals surface area contributed by atoms with E-state index in [-0.39, 0.29) is 5.91 Å². The summed E-state index contributed by atoms with van der Waals surface area (Å²) >= 11 is 0. The maximum Gasteiger partial charge on any atom is 0.253 e. The van der Waals surface area contributed by atoms with Crippen LogP contribution in [0.4, 0.5) is 0 Å². The summed E-state index contributed by atoms with van der Waals surface area (Å²) in [6, 6.07) is 24.9. The fraction of sp³-hybridized carbons (Fsp3) is 0.0952. The Labute approximate surface area is 151 Å². The zero-order valence-electron chi connectivity index (χ0n) is 14.3. The highest BCUT2D eigenvalue weighted by Gasteiger charge is 2.20. The number of fused-ring (bicyclic) bond motifs is 1. The zero-order chi connectivity index (χ0) is 17.9. The van der Waals surface area contributed by atoms with Crippen LogP contribution >= 0.6 is 0 Å². The summed E-state index contributed by atoms with van der Waals surface area (Å²) in [5.41, 5.74) is 4.36. The molecule has 0 spiro atoms. The molecule has 1 aromatic heterocycles. The molecule has 0 fully saturated rings. The smallest absolute Gasteiger partial charge is 0.253 e. The summed E-state index contributed by atoms with van der Waals surface area (Å²) < 4.78 is 1.75. The lowest BCUT2D eigenvalue weighted by atomic mass is 10.1.